The van der Waals surface area contributed by atoms with Crippen molar-refractivity contribution < 1.29 is 9.21 Å². The molecule has 1 N–H and O–H groups in total. The van der Waals surface area contributed by atoms with E-state index in [4.69, 9.17) is 4.42 Å². The molecule has 0 fully saturated rings. The summed E-state index contributed by atoms with van der Waals surface area (Å²) in [7, 11) is 0. The van der Waals surface area contributed by atoms with Crippen molar-refractivity contribution in [3.05, 3.63) is 84.3 Å². The molecule has 4 rings (SSSR count). The first-order chi connectivity index (χ1) is 13.7. The molecular formula is C21H17N5O2. The lowest BCUT2D eigenvalue weighted by Gasteiger charge is -2.12. The van der Waals surface area contributed by atoms with E-state index in [0.29, 0.717) is 17.3 Å². The monoisotopic (exact) mass is 371 g/mol. The summed E-state index contributed by atoms with van der Waals surface area (Å²) in [5.41, 5.74) is 2.70. The zero-order valence-corrected chi connectivity index (χ0v) is 15.1. The number of hydrogen-bond donors (Lipinski definition) is 1. The molecule has 2 aromatic carbocycles. The Morgan fingerprint density at radius 3 is 2.57 bits per heavy atom. The van der Waals surface area contributed by atoms with Crippen LogP contribution in [0.5, 0.6) is 0 Å². The van der Waals surface area contributed by atoms with Gasteiger partial charge in [-0.3, -0.25) is 4.79 Å². The molecule has 0 bridgehead atoms. The van der Waals surface area contributed by atoms with Crippen molar-refractivity contribution in [2.75, 3.05) is 5.32 Å². The largest absolute Gasteiger partial charge is 0.465 e. The molecule has 0 spiro atoms. The number of nitrogens with zero attached hydrogens (tertiary/aromatic N) is 4. The van der Waals surface area contributed by atoms with Crippen LogP contribution >= 0.6 is 0 Å². The summed E-state index contributed by atoms with van der Waals surface area (Å²) in [6.07, 6.45) is 3.15. The van der Waals surface area contributed by atoms with Gasteiger partial charge in [-0.05, 0) is 41.1 Å². The van der Waals surface area contributed by atoms with Crippen LogP contribution in [0.15, 0.2) is 77.4 Å². The highest BCUT2D eigenvalue weighted by atomic mass is 16.3. The second kappa shape index (κ2) is 7.71. The summed E-state index contributed by atoms with van der Waals surface area (Å²) < 4.78 is 6.80. The molecule has 0 aliphatic rings. The van der Waals surface area contributed by atoms with Crippen LogP contribution in [0.3, 0.4) is 0 Å². The molecular weight excluding hydrogens is 354 g/mol. The smallest absolute Gasteiger partial charge is 0.274 e. The van der Waals surface area contributed by atoms with Crippen LogP contribution < -0.4 is 5.32 Å². The van der Waals surface area contributed by atoms with E-state index in [1.807, 2.05) is 61.5 Å². The molecule has 7 heteroatoms. The van der Waals surface area contributed by atoms with Crippen LogP contribution in [-0.2, 0) is 4.79 Å². The fourth-order valence-corrected chi connectivity index (χ4v) is 2.75. The number of amides is 1. The van der Waals surface area contributed by atoms with E-state index in [-0.39, 0.29) is 11.6 Å². The highest BCUT2D eigenvalue weighted by Crippen LogP contribution is 2.22. The first-order valence-corrected chi connectivity index (χ1v) is 8.69. The van der Waals surface area contributed by atoms with E-state index in [1.54, 1.807) is 24.5 Å². The predicted octanol–water partition coefficient (Wildman–Crippen LogP) is 3.88. The normalized spacial score (nSPS) is 11.4. The lowest BCUT2D eigenvalue weighted by Crippen LogP contribution is -2.19. The Bertz CT molecular complexity index is 1110. The zero-order valence-electron chi connectivity index (χ0n) is 15.1. The molecule has 0 unspecified atom stereocenters. The highest BCUT2D eigenvalue weighted by Gasteiger charge is 2.20. The third kappa shape index (κ3) is 3.59. The lowest BCUT2D eigenvalue weighted by atomic mass is 10.2. The van der Waals surface area contributed by atoms with E-state index >= 15 is 0 Å². The maximum absolute atomic E-state index is 13.1. The number of aryl methyl sites for hydroxylation is 1. The number of para-hydroxylation sites is 1. The molecule has 0 aliphatic carbocycles. The maximum Gasteiger partial charge on any atom is 0.274 e. The average molecular weight is 371 g/mol. The van der Waals surface area contributed by atoms with Crippen LogP contribution in [0, 0.1) is 6.92 Å². The van der Waals surface area contributed by atoms with Crippen molar-refractivity contribution in [2.45, 2.75) is 6.92 Å². The van der Waals surface area contributed by atoms with Crippen molar-refractivity contribution in [3.8, 4) is 11.4 Å². The molecule has 1 amide bonds. The number of hydrogen-bond acceptors (Lipinski definition) is 5. The quantitative estimate of drug-likeness (QED) is 0.538. The minimum Gasteiger partial charge on any atom is -0.465 e. The van der Waals surface area contributed by atoms with Gasteiger partial charge in [0.05, 0.1) is 6.26 Å². The molecule has 0 saturated heterocycles. The van der Waals surface area contributed by atoms with E-state index < -0.39 is 0 Å². The lowest BCUT2D eigenvalue weighted by molar-refractivity contribution is -0.111. The number of nitrogens with one attached hydrogen (secondary N) is 1. The van der Waals surface area contributed by atoms with Gasteiger partial charge in [-0.2, -0.15) is 4.68 Å². The summed E-state index contributed by atoms with van der Waals surface area (Å²) in [6, 6.07) is 20.5. The molecule has 138 valence electrons. The SMILES string of the molecule is Cc1ccccc1NC(=O)/C(=C/c1ccco1)n1nnnc1-c1ccccc1. The van der Waals surface area contributed by atoms with Crippen LogP contribution in [0.25, 0.3) is 23.2 Å². The molecule has 4 aromatic rings. The third-order valence-electron chi connectivity index (χ3n) is 4.18. The second-order valence-corrected chi connectivity index (χ2v) is 6.09. The summed E-state index contributed by atoms with van der Waals surface area (Å²) in [4.78, 5) is 13.1. The number of anilines is 1. The van der Waals surface area contributed by atoms with Gasteiger partial charge in [0.15, 0.2) is 5.82 Å². The van der Waals surface area contributed by atoms with Gasteiger partial charge in [-0.15, -0.1) is 5.10 Å². The Kier molecular flexibility index (Phi) is 4.79. The molecule has 0 radical (unpaired) electrons. The van der Waals surface area contributed by atoms with Crippen LogP contribution in [0.2, 0.25) is 0 Å². The van der Waals surface area contributed by atoms with E-state index in [1.165, 1.54) is 4.68 Å². The second-order valence-electron chi connectivity index (χ2n) is 6.09. The van der Waals surface area contributed by atoms with Gasteiger partial charge in [-0.1, -0.05) is 48.5 Å². The van der Waals surface area contributed by atoms with Gasteiger partial charge in [0.1, 0.15) is 11.5 Å². The van der Waals surface area contributed by atoms with Gasteiger partial charge in [0.2, 0.25) is 0 Å². The maximum atomic E-state index is 13.1. The number of carbonyl (C=O) groups excluding carboxylic acids is 1. The summed E-state index contributed by atoms with van der Waals surface area (Å²) >= 11 is 0. The van der Waals surface area contributed by atoms with Crippen LogP contribution in [-0.4, -0.2) is 26.1 Å². The topological polar surface area (TPSA) is 85.8 Å². The van der Waals surface area contributed by atoms with Gasteiger partial charge in [0, 0.05) is 17.3 Å². The number of aromatic nitrogens is 4. The van der Waals surface area contributed by atoms with Gasteiger partial charge < -0.3 is 9.73 Å². The molecule has 0 saturated carbocycles. The molecule has 2 heterocycles. The Balaban J connectivity index is 1.77. The summed E-state index contributed by atoms with van der Waals surface area (Å²) in [5, 5.41) is 14.8. The zero-order chi connectivity index (χ0) is 19.3. The highest BCUT2D eigenvalue weighted by molar-refractivity contribution is 6.24. The molecule has 0 aliphatic heterocycles. The van der Waals surface area contributed by atoms with Crippen molar-refractivity contribution in [1.29, 1.82) is 0 Å². The van der Waals surface area contributed by atoms with Crippen LogP contribution in [0.1, 0.15) is 11.3 Å². The number of furan rings is 1. The van der Waals surface area contributed by atoms with Crippen LogP contribution in [0.4, 0.5) is 5.69 Å². The first kappa shape index (κ1) is 17.4. The van der Waals surface area contributed by atoms with E-state index in [2.05, 4.69) is 20.8 Å². The molecule has 2 aromatic heterocycles. The number of rotatable bonds is 5. The molecule has 7 nitrogen and oxygen atoms in total. The molecule has 0 atom stereocenters. The number of tetrazole rings is 1. The van der Waals surface area contributed by atoms with Crippen molar-refractivity contribution in [2.24, 2.45) is 0 Å². The Morgan fingerprint density at radius 2 is 1.82 bits per heavy atom. The third-order valence-corrected chi connectivity index (χ3v) is 4.18. The Labute approximate surface area is 161 Å². The fraction of sp³-hybridized carbons (Fsp3) is 0.0476. The fourth-order valence-electron chi connectivity index (χ4n) is 2.75. The van der Waals surface area contributed by atoms with Crippen molar-refractivity contribution in [1.82, 2.24) is 20.2 Å². The molecule has 28 heavy (non-hydrogen) atoms. The van der Waals surface area contributed by atoms with Gasteiger partial charge in [-0.25, -0.2) is 0 Å². The summed E-state index contributed by atoms with van der Waals surface area (Å²) in [6.45, 7) is 1.93. The summed E-state index contributed by atoms with van der Waals surface area (Å²) in [5.74, 6) is 0.623. The predicted molar refractivity (Wildman–Crippen MR) is 106 cm³/mol. The standard InChI is InChI=1S/C21H17N5O2/c1-15-8-5-6-12-18(15)22-21(27)19(14-17-11-7-13-28-17)26-20(23-24-25-26)16-9-3-2-4-10-16/h2-14H,1H3,(H,22,27)/b19-14-. The number of carbonyl (C=O) groups is 1. The minimum atomic E-state index is -0.352. The first-order valence-electron chi connectivity index (χ1n) is 8.69. The average Bonchev–Trinajstić information content (AvgIpc) is 3.40. The Hall–Kier alpha value is -4.00. The minimum absolute atomic E-state index is 0.238. The van der Waals surface area contributed by atoms with Gasteiger partial charge >= 0.3 is 0 Å². The van der Waals surface area contributed by atoms with Crippen molar-refractivity contribution in [3.63, 3.8) is 0 Å². The van der Waals surface area contributed by atoms with E-state index in [9.17, 15) is 4.79 Å². The van der Waals surface area contributed by atoms with Crippen molar-refractivity contribution >= 4 is 23.4 Å². The Morgan fingerprint density at radius 1 is 1.04 bits per heavy atom. The van der Waals surface area contributed by atoms with Gasteiger partial charge in [0.25, 0.3) is 5.91 Å². The number of benzene rings is 2. The van der Waals surface area contributed by atoms with E-state index in [0.717, 1.165) is 11.1 Å².